The third-order valence-corrected chi connectivity index (χ3v) is 6.63. The molecule has 0 aromatic rings. The first-order valence-electron chi connectivity index (χ1n) is 9.78. The number of likely N-dealkylation sites (N-methyl/N-ethyl adjacent to an activating group) is 2. The van der Waals surface area contributed by atoms with Gasteiger partial charge in [0.1, 0.15) is 0 Å². The van der Waals surface area contributed by atoms with Gasteiger partial charge in [-0.2, -0.15) is 0 Å². The molecule has 0 radical (unpaired) electrons. The summed E-state index contributed by atoms with van der Waals surface area (Å²) in [4.78, 5) is 38.1. The van der Waals surface area contributed by atoms with Crippen LogP contribution in [-0.2, 0) is 4.79 Å². The van der Waals surface area contributed by atoms with Crippen molar-refractivity contribution in [3.8, 4) is 0 Å². The van der Waals surface area contributed by atoms with E-state index in [-0.39, 0.29) is 18.0 Å². The Balaban J connectivity index is 1.76. The highest BCUT2D eigenvalue weighted by Gasteiger charge is 2.61. The molecule has 3 unspecified atom stereocenters. The van der Waals surface area contributed by atoms with E-state index in [2.05, 4.69) is 9.80 Å². The minimum Gasteiger partial charge on any atom is -0.341 e. The molecule has 0 aromatic heterocycles. The second-order valence-corrected chi connectivity index (χ2v) is 8.34. The molecule has 3 heterocycles. The Bertz CT molecular complexity index is 646. The number of nitrogens with two attached hydrogens (primary N) is 1. The van der Waals surface area contributed by atoms with Crippen molar-refractivity contribution < 1.29 is 9.59 Å². The van der Waals surface area contributed by atoms with E-state index in [4.69, 9.17) is 10.7 Å². The third-order valence-electron chi connectivity index (χ3n) is 6.63. The lowest BCUT2D eigenvalue weighted by atomic mass is 9.96. The molecule has 3 aliphatic heterocycles. The average molecular weight is 362 g/mol. The highest BCUT2D eigenvalue weighted by molar-refractivity contribution is 6.04. The van der Waals surface area contributed by atoms with E-state index in [1.165, 1.54) is 17.7 Å². The monoisotopic (exact) mass is 362 g/mol. The quantitative estimate of drug-likeness (QED) is 0.740. The second kappa shape index (κ2) is 6.11. The number of rotatable bonds is 1. The Kier molecular flexibility index (Phi) is 4.13. The summed E-state index contributed by atoms with van der Waals surface area (Å²) in [6.45, 7) is 3.58. The largest absolute Gasteiger partial charge is 0.341 e. The van der Waals surface area contributed by atoms with E-state index >= 15 is 0 Å². The Morgan fingerprint density at radius 1 is 1.12 bits per heavy atom. The summed E-state index contributed by atoms with van der Waals surface area (Å²) < 4.78 is 0. The van der Waals surface area contributed by atoms with Crippen molar-refractivity contribution in [2.75, 3.05) is 27.2 Å². The van der Waals surface area contributed by atoms with E-state index in [0.29, 0.717) is 6.04 Å². The molecule has 4 aliphatic rings. The van der Waals surface area contributed by atoms with E-state index < -0.39 is 11.7 Å². The zero-order chi connectivity index (χ0) is 18.6. The molecule has 8 heteroatoms. The molecule has 1 saturated carbocycles. The molecule has 2 saturated heterocycles. The smallest absolute Gasteiger partial charge is 0.328 e. The van der Waals surface area contributed by atoms with Crippen LogP contribution in [-0.4, -0.2) is 88.5 Å². The number of nitrogens with zero attached hydrogens (tertiary/aromatic N) is 5. The van der Waals surface area contributed by atoms with Crippen molar-refractivity contribution in [1.29, 1.82) is 0 Å². The lowest BCUT2D eigenvalue weighted by Crippen LogP contribution is -2.70. The van der Waals surface area contributed by atoms with Gasteiger partial charge in [-0.25, -0.2) is 9.79 Å². The van der Waals surface area contributed by atoms with Crippen LogP contribution < -0.4 is 5.73 Å². The van der Waals surface area contributed by atoms with Crippen LogP contribution in [0.1, 0.15) is 45.4 Å². The zero-order valence-electron chi connectivity index (χ0n) is 16.0. The molecule has 8 nitrogen and oxygen atoms in total. The molecule has 0 spiro atoms. The molecule has 4 rings (SSSR count). The van der Waals surface area contributed by atoms with Crippen LogP contribution in [0.4, 0.5) is 4.79 Å². The van der Waals surface area contributed by atoms with E-state index in [1.54, 1.807) is 19.0 Å². The molecule has 2 N–H and O–H groups in total. The summed E-state index contributed by atoms with van der Waals surface area (Å²) in [6.07, 6.45) is 6.54. The summed E-state index contributed by atoms with van der Waals surface area (Å²) in [5, 5.41) is 0. The van der Waals surface area contributed by atoms with Gasteiger partial charge < -0.3 is 20.4 Å². The second-order valence-electron chi connectivity index (χ2n) is 8.34. The van der Waals surface area contributed by atoms with Gasteiger partial charge in [0, 0.05) is 39.3 Å². The molecule has 0 aromatic carbocycles. The first-order valence-corrected chi connectivity index (χ1v) is 9.78. The molecule has 26 heavy (non-hydrogen) atoms. The Morgan fingerprint density at radius 3 is 2.46 bits per heavy atom. The standard InChI is InChI=1S/C18H30N6O2/c1-18-14(15(25)21(2)17(26)22(18)3)24(13-8-4-5-9-13)16(20-18)23-10-6-7-12(19)11-23/h12-14H,4-11,19H2,1-3H3. The van der Waals surface area contributed by atoms with Crippen LogP contribution in [0.5, 0.6) is 0 Å². The Labute approximate surface area is 155 Å². The van der Waals surface area contributed by atoms with Gasteiger partial charge in [-0.3, -0.25) is 9.69 Å². The van der Waals surface area contributed by atoms with Crippen LogP contribution in [0, 0.1) is 0 Å². The van der Waals surface area contributed by atoms with Gasteiger partial charge in [0.25, 0.3) is 5.91 Å². The molecule has 3 atom stereocenters. The Hall–Kier alpha value is -1.83. The number of urea groups is 1. The maximum Gasteiger partial charge on any atom is 0.328 e. The molecule has 0 bridgehead atoms. The summed E-state index contributed by atoms with van der Waals surface area (Å²) in [6, 6.07) is -0.311. The maximum atomic E-state index is 13.1. The van der Waals surface area contributed by atoms with Crippen molar-refractivity contribution in [3.05, 3.63) is 0 Å². The summed E-state index contributed by atoms with van der Waals surface area (Å²) >= 11 is 0. The fraction of sp³-hybridized carbons (Fsp3) is 0.833. The van der Waals surface area contributed by atoms with Crippen molar-refractivity contribution in [2.45, 2.75) is 69.2 Å². The van der Waals surface area contributed by atoms with Gasteiger partial charge in [0.05, 0.1) is 0 Å². The number of carbonyl (C=O) groups is 2. The van der Waals surface area contributed by atoms with Crippen LogP contribution >= 0.6 is 0 Å². The lowest BCUT2D eigenvalue weighted by molar-refractivity contribution is -0.140. The first-order chi connectivity index (χ1) is 12.3. The SMILES string of the molecule is CN1C(=O)C2N(C3CCCC3)C(N3CCCC(N)C3)=NC2(C)N(C)C1=O. The van der Waals surface area contributed by atoms with Crippen LogP contribution in [0.25, 0.3) is 0 Å². The van der Waals surface area contributed by atoms with E-state index in [0.717, 1.165) is 44.7 Å². The van der Waals surface area contributed by atoms with Crippen LogP contribution in [0.3, 0.4) is 0 Å². The van der Waals surface area contributed by atoms with Gasteiger partial charge in [-0.1, -0.05) is 12.8 Å². The predicted molar refractivity (Wildman–Crippen MR) is 98.4 cm³/mol. The topological polar surface area (TPSA) is 85.5 Å². The van der Waals surface area contributed by atoms with E-state index in [1.807, 2.05) is 6.92 Å². The molecule has 3 fully saturated rings. The number of likely N-dealkylation sites (tertiary alicyclic amines) is 1. The van der Waals surface area contributed by atoms with Crippen LogP contribution in [0.2, 0.25) is 0 Å². The summed E-state index contributed by atoms with van der Waals surface area (Å²) in [7, 11) is 3.32. The zero-order valence-corrected chi connectivity index (χ0v) is 16.0. The third kappa shape index (κ3) is 2.41. The number of hydrogen-bond donors (Lipinski definition) is 1. The number of hydrogen-bond acceptors (Lipinski definition) is 6. The normalized spacial score (nSPS) is 36.1. The number of fused-ring (bicyclic) bond motifs is 1. The minimum absolute atomic E-state index is 0.130. The van der Waals surface area contributed by atoms with Crippen molar-refractivity contribution in [2.24, 2.45) is 10.7 Å². The van der Waals surface area contributed by atoms with Crippen molar-refractivity contribution >= 4 is 17.9 Å². The molecular formula is C18H30N6O2. The molecule has 3 amide bonds. The fourth-order valence-electron chi connectivity index (χ4n) is 4.99. The lowest BCUT2D eigenvalue weighted by Gasteiger charge is -2.48. The number of carbonyl (C=O) groups excluding carboxylic acids is 2. The van der Waals surface area contributed by atoms with Crippen molar-refractivity contribution in [3.63, 3.8) is 0 Å². The van der Waals surface area contributed by atoms with Gasteiger partial charge in [0.15, 0.2) is 17.7 Å². The highest BCUT2D eigenvalue weighted by Crippen LogP contribution is 2.41. The highest BCUT2D eigenvalue weighted by atomic mass is 16.2. The van der Waals surface area contributed by atoms with Crippen molar-refractivity contribution in [1.82, 2.24) is 19.6 Å². The number of amides is 3. The number of guanidine groups is 1. The van der Waals surface area contributed by atoms with Gasteiger partial charge in [0.2, 0.25) is 0 Å². The number of piperidine rings is 1. The molecule has 1 aliphatic carbocycles. The summed E-state index contributed by atoms with van der Waals surface area (Å²) in [5.41, 5.74) is 5.35. The average Bonchev–Trinajstić information content (AvgIpc) is 3.24. The minimum atomic E-state index is -0.861. The predicted octanol–water partition coefficient (Wildman–Crippen LogP) is 0.632. The maximum absolute atomic E-state index is 13.1. The number of imide groups is 1. The molecular weight excluding hydrogens is 332 g/mol. The van der Waals surface area contributed by atoms with Gasteiger partial charge in [-0.15, -0.1) is 0 Å². The first kappa shape index (κ1) is 17.6. The summed E-state index contributed by atoms with van der Waals surface area (Å²) in [5.74, 6) is 0.713. The molecule has 144 valence electrons. The Morgan fingerprint density at radius 2 is 1.81 bits per heavy atom. The van der Waals surface area contributed by atoms with Gasteiger partial charge in [-0.05, 0) is 32.6 Å². The van der Waals surface area contributed by atoms with E-state index in [9.17, 15) is 9.59 Å². The van der Waals surface area contributed by atoms with Gasteiger partial charge >= 0.3 is 6.03 Å². The van der Waals surface area contributed by atoms with Crippen LogP contribution in [0.15, 0.2) is 4.99 Å². The fourth-order valence-corrected chi connectivity index (χ4v) is 4.99. The number of aliphatic imine (C=N–C) groups is 1.